The van der Waals surface area contributed by atoms with Crippen LogP contribution in [-0.2, 0) is 4.74 Å². The number of hydrogen-bond donors (Lipinski definition) is 2. The highest BCUT2D eigenvalue weighted by atomic mass is 35.5. The lowest BCUT2D eigenvalue weighted by atomic mass is 10.2. The lowest BCUT2D eigenvalue weighted by Crippen LogP contribution is -2.36. The van der Waals surface area contributed by atoms with Crippen LogP contribution in [0.1, 0.15) is 16.1 Å². The lowest BCUT2D eigenvalue weighted by Gasteiger charge is -2.28. The number of anilines is 4. The molecule has 0 spiro atoms. The van der Waals surface area contributed by atoms with Gasteiger partial charge in [-0.25, -0.2) is 4.98 Å². The number of halogens is 2. The molecular weight excluding hydrogens is 437 g/mol. The van der Waals surface area contributed by atoms with Gasteiger partial charge in [-0.15, -0.1) is 0 Å². The number of carbonyl (C=O) groups is 1. The molecule has 0 radical (unpaired) electrons. The minimum atomic E-state index is -0.306. The summed E-state index contributed by atoms with van der Waals surface area (Å²) in [6.07, 6.45) is 0. The molecule has 2 aromatic carbocycles. The normalized spacial score (nSPS) is 13.7. The van der Waals surface area contributed by atoms with E-state index in [0.29, 0.717) is 40.5 Å². The summed E-state index contributed by atoms with van der Waals surface area (Å²) in [7, 11) is 0. The third-order valence-electron chi connectivity index (χ3n) is 4.75. The third-order valence-corrected chi connectivity index (χ3v) is 5.30. The molecule has 2 N–H and O–H groups in total. The van der Waals surface area contributed by atoms with Crippen LogP contribution in [0.4, 0.5) is 23.1 Å². The summed E-state index contributed by atoms with van der Waals surface area (Å²) in [6.45, 7) is 4.95. The van der Waals surface area contributed by atoms with Gasteiger partial charge in [0.2, 0.25) is 5.95 Å². The average molecular weight is 458 g/mol. The standard InChI is InChI=1S/C22H21Cl2N5O2/c1-14-12-20(29-8-10-31-11-9-29)28-22(25-14)27-17-5-3-16(4-6-17)26-21(30)18-7-2-15(23)13-19(18)24/h2-7,12-13H,8-11H2,1H3,(H,26,30)(H,25,27,28). The number of hydrogen-bond acceptors (Lipinski definition) is 6. The number of aromatic nitrogens is 2. The molecule has 9 heteroatoms. The molecule has 1 amide bonds. The van der Waals surface area contributed by atoms with E-state index in [1.54, 1.807) is 24.3 Å². The molecule has 1 fully saturated rings. The molecule has 31 heavy (non-hydrogen) atoms. The van der Waals surface area contributed by atoms with Crippen LogP contribution in [0.3, 0.4) is 0 Å². The van der Waals surface area contributed by atoms with Crippen LogP contribution in [0.5, 0.6) is 0 Å². The summed E-state index contributed by atoms with van der Waals surface area (Å²) in [5, 5.41) is 6.83. The van der Waals surface area contributed by atoms with Crippen molar-refractivity contribution in [2.45, 2.75) is 6.92 Å². The zero-order chi connectivity index (χ0) is 21.8. The summed E-state index contributed by atoms with van der Waals surface area (Å²) in [6, 6.07) is 14.0. The van der Waals surface area contributed by atoms with Gasteiger partial charge in [0.05, 0.1) is 23.8 Å². The maximum absolute atomic E-state index is 12.5. The number of carbonyl (C=O) groups excluding carboxylic acids is 1. The highest BCUT2D eigenvalue weighted by Gasteiger charge is 2.15. The molecule has 2 heterocycles. The highest BCUT2D eigenvalue weighted by molar-refractivity contribution is 6.37. The minimum Gasteiger partial charge on any atom is -0.378 e. The van der Waals surface area contributed by atoms with Gasteiger partial charge in [0.25, 0.3) is 5.91 Å². The van der Waals surface area contributed by atoms with Crippen molar-refractivity contribution in [1.29, 1.82) is 0 Å². The van der Waals surface area contributed by atoms with E-state index in [1.165, 1.54) is 6.07 Å². The van der Waals surface area contributed by atoms with E-state index in [0.717, 1.165) is 30.3 Å². The van der Waals surface area contributed by atoms with Gasteiger partial charge in [0, 0.05) is 41.2 Å². The topological polar surface area (TPSA) is 79.4 Å². The van der Waals surface area contributed by atoms with Crippen LogP contribution in [0.15, 0.2) is 48.5 Å². The van der Waals surface area contributed by atoms with Gasteiger partial charge in [-0.3, -0.25) is 4.79 Å². The molecule has 1 saturated heterocycles. The van der Waals surface area contributed by atoms with Crippen LogP contribution in [0, 0.1) is 6.92 Å². The molecule has 4 rings (SSSR count). The Hall–Kier alpha value is -2.87. The summed E-state index contributed by atoms with van der Waals surface area (Å²) in [4.78, 5) is 23.8. The Morgan fingerprint density at radius 1 is 1.00 bits per heavy atom. The molecule has 0 aliphatic carbocycles. The van der Waals surface area contributed by atoms with Gasteiger partial charge in [0.1, 0.15) is 5.82 Å². The quantitative estimate of drug-likeness (QED) is 0.565. The Kier molecular flexibility index (Phi) is 6.56. The molecule has 1 aliphatic heterocycles. The second-order valence-electron chi connectivity index (χ2n) is 7.07. The molecule has 0 atom stereocenters. The van der Waals surface area contributed by atoms with Crippen molar-refractivity contribution in [2.75, 3.05) is 41.8 Å². The number of amides is 1. The van der Waals surface area contributed by atoms with E-state index < -0.39 is 0 Å². The van der Waals surface area contributed by atoms with Crippen LogP contribution < -0.4 is 15.5 Å². The fourth-order valence-corrected chi connectivity index (χ4v) is 3.69. The second-order valence-corrected chi connectivity index (χ2v) is 7.91. The Balaban J connectivity index is 1.44. The van der Waals surface area contributed by atoms with E-state index in [9.17, 15) is 4.79 Å². The van der Waals surface area contributed by atoms with Crippen LogP contribution in [0.2, 0.25) is 10.0 Å². The van der Waals surface area contributed by atoms with Gasteiger partial charge in [0.15, 0.2) is 0 Å². The van der Waals surface area contributed by atoms with Crippen LogP contribution >= 0.6 is 23.2 Å². The van der Waals surface area contributed by atoms with Gasteiger partial charge < -0.3 is 20.3 Å². The zero-order valence-corrected chi connectivity index (χ0v) is 18.4. The maximum Gasteiger partial charge on any atom is 0.257 e. The number of aryl methyl sites for hydroxylation is 1. The minimum absolute atomic E-state index is 0.302. The van der Waals surface area contributed by atoms with Crippen molar-refractivity contribution in [3.05, 3.63) is 69.8 Å². The van der Waals surface area contributed by atoms with E-state index in [-0.39, 0.29) is 5.91 Å². The predicted octanol–water partition coefficient (Wildman–Crippen LogP) is 4.92. The fourth-order valence-electron chi connectivity index (χ4n) is 3.20. The first kappa shape index (κ1) is 21.4. The van der Waals surface area contributed by atoms with Gasteiger partial charge in [-0.1, -0.05) is 23.2 Å². The number of benzene rings is 2. The van der Waals surface area contributed by atoms with Crippen LogP contribution in [0.25, 0.3) is 0 Å². The summed E-state index contributed by atoms with van der Waals surface area (Å²) < 4.78 is 5.41. The van der Waals surface area contributed by atoms with Gasteiger partial charge in [-0.05, 0) is 49.4 Å². The van der Waals surface area contributed by atoms with E-state index in [4.69, 9.17) is 27.9 Å². The average Bonchev–Trinajstić information content (AvgIpc) is 2.75. The molecular formula is C22H21Cl2N5O2. The molecule has 1 aromatic heterocycles. The SMILES string of the molecule is Cc1cc(N2CCOCC2)nc(Nc2ccc(NC(=O)c3ccc(Cl)cc3Cl)cc2)n1. The van der Waals surface area contributed by atoms with E-state index in [2.05, 4.69) is 25.5 Å². The fraction of sp³-hybridized carbons (Fsp3) is 0.227. The summed E-state index contributed by atoms with van der Waals surface area (Å²) in [5.41, 5.74) is 2.68. The smallest absolute Gasteiger partial charge is 0.257 e. The van der Waals surface area contributed by atoms with Crippen LogP contribution in [-0.4, -0.2) is 42.2 Å². The molecule has 3 aromatic rings. The monoisotopic (exact) mass is 457 g/mol. The van der Waals surface area contributed by atoms with E-state index in [1.807, 2.05) is 25.1 Å². The van der Waals surface area contributed by atoms with Crippen molar-refractivity contribution in [3.8, 4) is 0 Å². The number of ether oxygens (including phenoxy) is 1. The Morgan fingerprint density at radius 3 is 2.42 bits per heavy atom. The third kappa shape index (κ3) is 5.44. The van der Waals surface area contributed by atoms with Crippen molar-refractivity contribution in [1.82, 2.24) is 9.97 Å². The Bertz CT molecular complexity index is 1090. The van der Waals surface area contributed by atoms with Crippen molar-refractivity contribution < 1.29 is 9.53 Å². The summed E-state index contributed by atoms with van der Waals surface area (Å²) in [5.74, 6) is 1.09. The van der Waals surface area contributed by atoms with Gasteiger partial charge >= 0.3 is 0 Å². The van der Waals surface area contributed by atoms with Crippen molar-refractivity contribution >= 4 is 52.3 Å². The largest absolute Gasteiger partial charge is 0.378 e. The molecule has 160 valence electrons. The Labute approximate surface area is 190 Å². The number of rotatable bonds is 5. The highest BCUT2D eigenvalue weighted by Crippen LogP contribution is 2.24. The molecule has 0 saturated carbocycles. The Morgan fingerprint density at radius 2 is 1.71 bits per heavy atom. The molecule has 0 bridgehead atoms. The van der Waals surface area contributed by atoms with E-state index >= 15 is 0 Å². The summed E-state index contributed by atoms with van der Waals surface area (Å²) >= 11 is 12.0. The zero-order valence-electron chi connectivity index (χ0n) is 16.9. The van der Waals surface area contributed by atoms with Gasteiger partial charge in [-0.2, -0.15) is 4.98 Å². The number of nitrogens with one attached hydrogen (secondary N) is 2. The van der Waals surface area contributed by atoms with Crippen molar-refractivity contribution in [2.24, 2.45) is 0 Å². The second kappa shape index (κ2) is 9.51. The number of morpholine rings is 1. The first-order chi connectivity index (χ1) is 15.0. The first-order valence-corrected chi connectivity index (χ1v) is 10.6. The predicted molar refractivity (Wildman–Crippen MR) is 124 cm³/mol. The molecule has 0 unspecified atom stereocenters. The molecule has 1 aliphatic rings. The van der Waals surface area contributed by atoms with Crippen molar-refractivity contribution in [3.63, 3.8) is 0 Å². The lowest BCUT2D eigenvalue weighted by molar-refractivity contribution is 0.102. The molecule has 7 nitrogen and oxygen atoms in total. The maximum atomic E-state index is 12.5. The first-order valence-electron chi connectivity index (χ1n) is 9.80. The number of nitrogens with zero attached hydrogens (tertiary/aromatic N) is 3.